The van der Waals surface area contributed by atoms with Crippen LogP contribution in [0.2, 0.25) is 0 Å². The molecule has 1 aromatic rings. The Hall–Kier alpha value is -0.0600. The van der Waals surface area contributed by atoms with Crippen molar-refractivity contribution in [1.29, 1.82) is 0 Å². The van der Waals surface area contributed by atoms with Crippen molar-refractivity contribution < 1.29 is 0 Å². The van der Waals surface area contributed by atoms with Crippen molar-refractivity contribution in [3.63, 3.8) is 0 Å². The molecular weight excluding hydrogens is 236 g/mol. The normalized spacial score (nSPS) is 25.9. The zero-order valence-corrected chi connectivity index (χ0v) is 11.7. The highest BCUT2D eigenvalue weighted by molar-refractivity contribution is 7.99. The quantitative estimate of drug-likeness (QED) is 0.895. The molecule has 2 rings (SSSR count). The molecule has 16 heavy (non-hydrogen) atoms. The number of hydrogen-bond acceptors (Lipinski definition) is 4. The third-order valence-electron chi connectivity index (χ3n) is 3.37. The predicted octanol–water partition coefficient (Wildman–Crippen LogP) is 3.22. The molecule has 0 spiro atoms. The van der Waals surface area contributed by atoms with Gasteiger partial charge in [-0.25, -0.2) is 4.98 Å². The molecule has 1 fully saturated rings. The summed E-state index contributed by atoms with van der Waals surface area (Å²) in [5.41, 5.74) is 3.13. The van der Waals surface area contributed by atoms with Crippen LogP contribution < -0.4 is 5.32 Å². The summed E-state index contributed by atoms with van der Waals surface area (Å²) in [5.74, 6) is 0. The number of aromatic nitrogens is 1. The second-order valence-corrected chi connectivity index (χ2v) is 6.42. The number of nitrogens with zero attached hydrogens (tertiary/aromatic N) is 1. The number of hydrogen-bond donors (Lipinski definition) is 1. The Morgan fingerprint density at radius 2 is 2.31 bits per heavy atom. The first kappa shape index (κ1) is 12.4. The second-order valence-electron chi connectivity index (χ2n) is 4.41. The monoisotopic (exact) mass is 256 g/mol. The predicted molar refractivity (Wildman–Crippen MR) is 73.2 cm³/mol. The summed E-state index contributed by atoms with van der Waals surface area (Å²) in [5, 5.41) is 4.52. The van der Waals surface area contributed by atoms with E-state index in [2.05, 4.69) is 23.5 Å². The first-order valence-corrected chi connectivity index (χ1v) is 8.13. The minimum atomic E-state index is 0.699. The van der Waals surface area contributed by atoms with Gasteiger partial charge in [0.05, 0.1) is 11.2 Å². The lowest BCUT2D eigenvalue weighted by molar-refractivity contribution is 0.384. The Morgan fingerprint density at radius 3 is 3.00 bits per heavy atom. The molecule has 1 heterocycles. The minimum Gasteiger partial charge on any atom is -0.308 e. The van der Waals surface area contributed by atoms with Crippen molar-refractivity contribution in [2.24, 2.45) is 0 Å². The van der Waals surface area contributed by atoms with Gasteiger partial charge in [-0.3, -0.25) is 0 Å². The van der Waals surface area contributed by atoms with Crippen molar-refractivity contribution in [2.45, 2.75) is 50.4 Å². The van der Waals surface area contributed by atoms with Crippen LogP contribution in [0.3, 0.4) is 0 Å². The number of aryl methyl sites for hydroxylation is 1. The number of thiazole rings is 1. The molecule has 0 saturated heterocycles. The first-order valence-electron chi connectivity index (χ1n) is 5.96. The maximum atomic E-state index is 4.29. The Labute approximate surface area is 106 Å². The minimum absolute atomic E-state index is 0.699. The molecule has 1 aliphatic carbocycles. The number of thioether (sulfide) groups is 1. The molecule has 0 bridgehead atoms. The standard InChI is InChI=1S/C12H20N2S2/c1-9-12(16-8-14-9)7-13-10-5-3-4-6-11(10)15-2/h8,10-11,13H,3-7H2,1-2H3. The van der Waals surface area contributed by atoms with E-state index in [1.54, 1.807) is 11.3 Å². The molecule has 2 unspecified atom stereocenters. The molecule has 0 aliphatic heterocycles. The van der Waals surface area contributed by atoms with Crippen LogP contribution in [-0.2, 0) is 6.54 Å². The van der Waals surface area contributed by atoms with Crippen molar-refractivity contribution in [1.82, 2.24) is 10.3 Å². The maximum Gasteiger partial charge on any atom is 0.0798 e. The molecular formula is C12H20N2S2. The zero-order chi connectivity index (χ0) is 11.4. The topological polar surface area (TPSA) is 24.9 Å². The highest BCUT2D eigenvalue weighted by Gasteiger charge is 2.23. The largest absolute Gasteiger partial charge is 0.308 e. The maximum absolute atomic E-state index is 4.29. The van der Waals surface area contributed by atoms with Crippen molar-refractivity contribution in [2.75, 3.05) is 6.26 Å². The summed E-state index contributed by atoms with van der Waals surface area (Å²) in [6, 6.07) is 0.699. The summed E-state index contributed by atoms with van der Waals surface area (Å²) in [6.07, 6.45) is 7.74. The van der Waals surface area contributed by atoms with Crippen molar-refractivity contribution in [3.05, 3.63) is 16.1 Å². The third-order valence-corrected chi connectivity index (χ3v) is 5.48. The van der Waals surface area contributed by atoms with Gasteiger partial charge in [0.1, 0.15) is 0 Å². The third kappa shape index (κ3) is 2.99. The van der Waals surface area contributed by atoms with E-state index >= 15 is 0 Å². The van der Waals surface area contributed by atoms with Crippen molar-refractivity contribution >= 4 is 23.1 Å². The van der Waals surface area contributed by atoms with Gasteiger partial charge in [0, 0.05) is 22.7 Å². The van der Waals surface area contributed by atoms with E-state index < -0.39 is 0 Å². The Kier molecular flexibility index (Phi) is 4.67. The average Bonchev–Trinajstić information content (AvgIpc) is 2.72. The van der Waals surface area contributed by atoms with E-state index in [0.717, 1.165) is 11.8 Å². The van der Waals surface area contributed by atoms with Gasteiger partial charge in [-0.2, -0.15) is 11.8 Å². The highest BCUT2D eigenvalue weighted by atomic mass is 32.2. The van der Waals surface area contributed by atoms with Crippen LogP contribution in [0.4, 0.5) is 0 Å². The van der Waals surface area contributed by atoms with Gasteiger partial charge < -0.3 is 5.32 Å². The van der Waals surface area contributed by atoms with Crippen molar-refractivity contribution in [3.8, 4) is 0 Å². The Balaban J connectivity index is 1.86. The van der Waals surface area contributed by atoms with Crippen LogP contribution in [0.15, 0.2) is 5.51 Å². The van der Waals surface area contributed by atoms with E-state index in [4.69, 9.17) is 0 Å². The Morgan fingerprint density at radius 1 is 1.50 bits per heavy atom. The Bertz CT molecular complexity index is 325. The lowest BCUT2D eigenvalue weighted by Crippen LogP contribution is -2.39. The van der Waals surface area contributed by atoms with E-state index in [1.165, 1.54) is 36.3 Å². The summed E-state index contributed by atoms with van der Waals surface area (Å²) < 4.78 is 0. The molecule has 2 atom stereocenters. The second kappa shape index (κ2) is 6.03. The van der Waals surface area contributed by atoms with Gasteiger partial charge in [0.15, 0.2) is 0 Å². The SMILES string of the molecule is CSC1CCCCC1NCc1scnc1C. The molecule has 1 aliphatic rings. The molecule has 90 valence electrons. The molecule has 1 saturated carbocycles. The van der Waals surface area contributed by atoms with Crippen LogP contribution >= 0.6 is 23.1 Å². The van der Waals surface area contributed by atoms with Crippen LogP contribution in [0.1, 0.15) is 36.3 Å². The average molecular weight is 256 g/mol. The van der Waals surface area contributed by atoms with Gasteiger partial charge in [0.2, 0.25) is 0 Å². The summed E-state index contributed by atoms with van der Waals surface area (Å²) in [4.78, 5) is 5.69. The fourth-order valence-corrected chi connectivity index (χ4v) is 4.02. The van der Waals surface area contributed by atoms with E-state index in [9.17, 15) is 0 Å². The molecule has 2 nitrogen and oxygen atoms in total. The van der Waals surface area contributed by atoms with E-state index in [0.29, 0.717) is 6.04 Å². The van der Waals surface area contributed by atoms with Crippen LogP contribution in [0, 0.1) is 6.92 Å². The zero-order valence-electron chi connectivity index (χ0n) is 10.0. The molecule has 0 radical (unpaired) electrons. The first-order chi connectivity index (χ1) is 7.81. The fourth-order valence-electron chi connectivity index (χ4n) is 2.33. The van der Waals surface area contributed by atoms with Gasteiger partial charge >= 0.3 is 0 Å². The van der Waals surface area contributed by atoms with Gasteiger partial charge in [-0.05, 0) is 26.0 Å². The van der Waals surface area contributed by atoms with Crippen LogP contribution in [0.5, 0.6) is 0 Å². The van der Waals surface area contributed by atoms with E-state index in [-0.39, 0.29) is 0 Å². The molecule has 1 N–H and O–H groups in total. The van der Waals surface area contributed by atoms with Crippen LogP contribution in [0.25, 0.3) is 0 Å². The lowest BCUT2D eigenvalue weighted by Gasteiger charge is -2.31. The molecule has 0 amide bonds. The van der Waals surface area contributed by atoms with E-state index in [1.807, 2.05) is 17.3 Å². The molecule has 1 aromatic heterocycles. The number of rotatable bonds is 4. The number of nitrogens with one attached hydrogen (secondary N) is 1. The van der Waals surface area contributed by atoms with Crippen LogP contribution in [-0.4, -0.2) is 22.5 Å². The fraction of sp³-hybridized carbons (Fsp3) is 0.750. The molecule has 0 aromatic carbocycles. The smallest absolute Gasteiger partial charge is 0.0798 e. The van der Waals surface area contributed by atoms with Gasteiger partial charge in [-0.1, -0.05) is 12.8 Å². The van der Waals surface area contributed by atoms with Gasteiger partial charge in [-0.15, -0.1) is 11.3 Å². The highest BCUT2D eigenvalue weighted by Crippen LogP contribution is 2.27. The summed E-state index contributed by atoms with van der Waals surface area (Å²) >= 11 is 3.79. The lowest BCUT2D eigenvalue weighted by atomic mass is 9.95. The van der Waals surface area contributed by atoms with Gasteiger partial charge in [0.25, 0.3) is 0 Å². The summed E-state index contributed by atoms with van der Waals surface area (Å²) in [6.45, 7) is 3.10. The summed E-state index contributed by atoms with van der Waals surface area (Å²) in [7, 11) is 0. The molecule has 4 heteroatoms.